The van der Waals surface area contributed by atoms with E-state index in [-0.39, 0.29) is 17.8 Å². The molecule has 1 aliphatic rings. The lowest BCUT2D eigenvalue weighted by Crippen LogP contribution is -2.45. The van der Waals surface area contributed by atoms with Crippen LogP contribution in [-0.4, -0.2) is 27.1 Å². The third-order valence-electron chi connectivity index (χ3n) is 5.46. The van der Waals surface area contributed by atoms with Crippen LogP contribution >= 0.6 is 0 Å². The lowest BCUT2D eigenvalue weighted by molar-refractivity contribution is -0.135. The average Bonchev–Trinajstić information content (AvgIpc) is 3.10. The molecule has 2 heterocycles. The minimum atomic E-state index is -0.273. The first-order valence-electron chi connectivity index (χ1n) is 9.66. The van der Waals surface area contributed by atoms with Crippen LogP contribution in [0.5, 0.6) is 0 Å². The number of benzene rings is 2. The molecule has 146 valence electrons. The number of aryl methyl sites for hydroxylation is 1. The smallest absolute Gasteiger partial charge is 0.249 e. The first kappa shape index (κ1) is 18.9. The van der Waals surface area contributed by atoms with Crippen LogP contribution in [0.25, 0.3) is 10.9 Å². The number of rotatable bonds is 6. The van der Waals surface area contributed by atoms with Crippen molar-refractivity contribution in [1.82, 2.24) is 14.7 Å². The second-order valence-corrected chi connectivity index (χ2v) is 7.31. The molecule has 1 aliphatic heterocycles. The molecule has 1 unspecified atom stereocenters. The summed E-state index contributed by atoms with van der Waals surface area (Å²) in [5.74, 6) is -0.306. The van der Waals surface area contributed by atoms with Gasteiger partial charge in [0.05, 0.1) is 29.4 Å². The van der Waals surface area contributed by atoms with E-state index in [9.17, 15) is 9.18 Å². The molecular formula is C23H21FN4O. The van der Waals surface area contributed by atoms with Gasteiger partial charge in [0.2, 0.25) is 5.91 Å². The van der Waals surface area contributed by atoms with Gasteiger partial charge in [0.1, 0.15) is 5.82 Å². The maximum absolute atomic E-state index is 13.1. The van der Waals surface area contributed by atoms with Crippen molar-refractivity contribution < 1.29 is 9.18 Å². The number of amides is 1. The van der Waals surface area contributed by atoms with Gasteiger partial charge in [-0.05, 0) is 55.2 Å². The first-order chi connectivity index (χ1) is 14.1. The largest absolute Gasteiger partial charge is 0.332 e. The molecule has 0 bridgehead atoms. The van der Waals surface area contributed by atoms with Gasteiger partial charge in [-0.25, -0.2) is 4.39 Å². The highest BCUT2D eigenvalue weighted by molar-refractivity contribution is 5.93. The molecular weight excluding hydrogens is 367 g/mol. The molecule has 3 aromatic rings. The van der Waals surface area contributed by atoms with Crippen LogP contribution in [-0.2, 0) is 11.3 Å². The normalized spacial score (nSPS) is 15.7. The molecule has 1 saturated heterocycles. The number of halogens is 1. The Hall–Kier alpha value is -3.46. The zero-order chi connectivity index (χ0) is 20.4. The van der Waals surface area contributed by atoms with Gasteiger partial charge in [0, 0.05) is 24.0 Å². The molecule has 4 rings (SSSR count). The van der Waals surface area contributed by atoms with Gasteiger partial charge >= 0.3 is 0 Å². The van der Waals surface area contributed by atoms with Crippen molar-refractivity contribution in [3.8, 4) is 6.07 Å². The average molecular weight is 388 g/mol. The quantitative estimate of drug-likeness (QED) is 0.590. The molecule has 1 amide bonds. The highest BCUT2D eigenvalue weighted by Crippen LogP contribution is 2.34. The van der Waals surface area contributed by atoms with E-state index in [0.717, 1.165) is 29.3 Å². The molecule has 1 atom stereocenters. The van der Waals surface area contributed by atoms with Crippen molar-refractivity contribution in [3.63, 3.8) is 0 Å². The highest BCUT2D eigenvalue weighted by Gasteiger charge is 2.34. The summed E-state index contributed by atoms with van der Waals surface area (Å²) in [5.41, 5.74) is 3.12. The van der Waals surface area contributed by atoms with E-state index in [1.54, 1.807) is 24.4 Å². The molecule has 1 aromatic heterocycles. The summed E-state index contributed by atoms with van der Waals surface area (Å²) in [6.07, 6.45) is 3.97. The van der Waals surface area contributed by atoms with Gasteiger partial charge in [-0.2, -0.15) is 10.4 Å². The Morgan fingerprint density at radius 2 is 2.07 bits per heavy atom. The lowest BCUT2D eigenvalue weighted by Gasteiger charge is -2.41. The molecule has 2 aromatic carbocycles. The summed E-state index contributed by atoms with van der Waals surface area (Å²) in [6.45, 7) is 5.36. The Morgan fingerprint density at radius 1 is 1.28 bits per heavy atom. The zero-order valence-corrected chi connectivity index (χ0v) is 16.0. The van der Waals surface area contributed by atoms with Crippen LogP contribution < -0.4 is 0 Å². The second-order valence-electron chi connectivity index (χ2n) is 7.31. The summed E-state index contributed by atoms with van der Waals surface area (Å²) in [4.78, 5) is 14.6. The summed E-state index contributed by atoms with van der Waals surface area (Å²) in [6, 6.07) is 14.0. The predicted octanol–water partition coefficient (Wildman–Crippen LogP) is 4.36. The van der Waals surface area contributed by atoms with Crippen molar-refractivity contribution in [1.29, 1.82) is 5.26 Å². The molecule has 6 heteroatoms. The molecule has 0 aliphatic carbocycles. The van der Waals surface area contributed by atoms with E-state index in [1.165, 1.54) is 12.1 Å². The number of fused-ring (bicyclic) bond motifs is 1. The predicted molar refractivity (Wildman–Crippen MR) is 108 cm³/mol. The first-order valence-corrected chi connectivity index (χ1v) is 9.66. The number of carbonyl (C=O) groups excluding carboxylic acids is 1. The summed E-state index contributed by atoms with van der Waals surface area (Å²) >= 11 is 0. The van der Waals surface area contributed by atoms with Crippen molar-refractivity contribution in [3.05, 3.63) is 77.8 Å². The molecule has 0 N–H and O–H groups in total. The Labute approximate surface area is 168 Å². The molecule has 0 radical (unpaired) electrons. The SMILES string of the molecule is C=C(CCCn1ncc2cc(C#N)ccc21)C(=O)N1CCC1c1ccc(F)cc1. The highest BCUT2D eigenvalue weighted by atomic mass is 19.1. The molecule has 0 saturated carbocycles. The van der Waals surface area contributed by atoms with Crippen LogP contribution in [0.3, 0.4) is 0 Å². The van der Waals surface area contributed by atoms with Gasteiger partial charge in [0.25, 0.3) is 0 Å². The van der Waals surface area contributed by atoms with Crippen LogP contribution in [0.2, 0.25) is 0 Å². The number of hydrogen-bond donors (Lipinski definition) is 0. The third-order valence-corrected chi connectivity index (χ3v) is 5.46. The fraction of sp³-hybridized carbons (Fsp3) is 0.261. The second kappa shape index (κ2) is 7.88. The van der Waals surface area contributed by atoms with Crippen LogP contribution in [0.4, 0.5) is 4.39 Å². The van der Waals surface area contributed by atoms with Crippen molar-refractivity contribution in [2.75, 3.05) is 6.54 Å². The van der Waals surface area contributed by atoms with Gasteiger partial charge in [-0.1, -0.05) is 18.7 Å². The number of nitrogens with zero attached hydrogens (tertiary/aromatic N) is 4. The molecule has 29 heavy (non-hydrogen) atoms. The summed E-state index contributed by atoms with van der Waals surface area (Å²) < 4.78 is 15.0. The Balaban J connectivity index is 1.33. The van der Waals surface area contributed by atoms with Gasteiger partial charge < -0.3 is 4.90 Å². The summed E-state index contributed by atoms with van der Waals surface area (Å²) in [7, 11) is 0. The topological polar surface area (TPSA) is 61.9 Å². The van der Waals surface area contributed by atoms with Crippen molar-refractivity contribution >= 4 is 16.8 Å². The summed E-state index contributed by atoms with van der Waals surface area (Å²) in [5, 5.41) is 14.3. The van der Waals surface area contributed by atoms with E-state index in [0.29, 0.717) is 30.6 Å². The van der Waals surface area contributed by atoms with Crippen molar-refractivity contribution in [2.24, 2.45) is 0 Å². The Bertz CT molecular complexity index is 1110. The Kier molecular flexibility index (Phi) is 5.13. The Morgan fingerprint density at radius 3 is 2.76 bits per heavy atom. The van der Waals surface area contributed by atoms with E-state index in [1.807, 2.05) is 21.7 Å². The number of carbonyl (C=O) groups is 1. The van der Waals surface area contributed by atoms with Gasteiger partial charge in [-0.3, -0.25) is 9.48 Å². The van der Waals surface area contributed by atoms with Crippen molar-refractivity contribution in [2.45, 2.75) is 31.8 Å². The van der Waals surface area contributed by atoms with Gasteiger partial charge in [-0.15, -0.1) is 0 Å². The molecule has 0 spiro atoms. The number of aromatic nitrogens is 2. The molecule has 1 fully saturated rings. The zero-order valence-electron chi connectivity index (χ0n) is 16.0. The van der Waals surface area contributed by atoms with E-state index in [2.05, 4.69) is 17.7 Å². The third kappa shape index (κ3) is 3.77. The number of hydrogen-bond acceptors (Lipinski definition) is 3. The maximum Gasteiger partial charge on any atom is 0.249 e. The minimum absolute atomic E-state index is 0.00393. The van der Waals surface area contributed by atoms with E-state index >= 15 is 0 Å². The lowest BCUT2D eigenvalue weighted by atomic mass is 9.93. The van der Waals surface area contributed by atoms with Crippen LogP contribution in [0.1, 0.15) is 36.4 Å². The van der Waals surface area contributed by atoms with Crippen LogP contribution in [0.15, 0.2) is 60.8 Å². The number of nitriles is 1. The fourth-order valence-corrected chi connectivity index (χ4v) is 3.75. The fourth-order valence-electron chi connectivity index (χ4n) is 3.75. The number of likely N-dealkylation sites (tertiary alicyclic amines) is 1. The molecule has 5 nitrogen and oxygen atoms in total. The van der Waals surface area contributed by atoms with Gasteiger partial charge in [0.15, 0.2) is 0 Å². The maximum atomic E-state index is 13.1. The van der Waals surface area contributed by atoms with Crippen LogP contribution in [0, 0.1) is 17.1 Å². The van der Waals surface area contributed by atoms with E-state index < -0.39 is 0 Å². The standard InChI is InChI=1S/C23H21FN4O/c1-16(23(29)27-12-10-21(27)18-5-7-20(24)8-6-18)3-2-11-28-22-9-4-17(14-25)13-19(22)15-26-28/h4-9,13,15,21H,1-3,10-12H2. The van der Waals surface area contributed by atoms with E-state index in [4.69, 9.17) is 5.26 Å². The monoisotopic (exact) mass is 388 g/mol. The minimum Gasteiger partial charge on any atom is -0.332 e.